The maximum absolute atomic E-state index is 13.3. The molecule has 3 rings (SSSR count). The van der Waals surface area contributed by atoms with Crippen LogP contribution in [0.3, 0.4) is 0 Å². The zero-order chi connectivity index (χ0) is 18.8. The van der Waals surface area contributed by atoms with Gasteiger partial charge in [-0.2, -0.15) is 10.1 Å². The summed E-state index contributed by atoms with van der Waals surface area (Å²) >= 11 is 0. The molecule has 1 unspecified atom stereocenters. The highest BCUT2D eigenvalue weighted by molar-refractivity contribution is 5.93. The lowest BCUT2D eigenvalue weighted by Gasteiger charge is -2.34. The van der Waals surface area contributed by atoms with Crippen LogP contribution in [-0.2, 0) is 14.3 Å². The first-order valence-electron chi connectivity index (χ1n) is 7.96. The molecule has 0 amide bonds. The fraction of sp³-hybridized carbons (Fsp3) is 0.294. The molecule has 2 aromatic rings. The van der Waals surface area contributed by atoms with E-state index in [-0.39, 0.29) is 24.7 Å². The molecule has 2 heterocycles. The van der Waals surface area contributed by atoms with Gasteiger partial charge >= 0.3 is 11.9 Å². The van der Waals surface area contributed by atoms with Gasteiger partial charge in [0.15, 0.2) is 0 Å². The van der Waals surface area contributed by atoms with E-state index in [1.807, 2.05) is 0 Å². The summed E-state index contributed by atoms with van der Waals surface area (Å²) in [6.07, 6.45) is 1.28. The van der Waals surface area contributed by atoms with Crippen molar-refractivity contribution in [2.75, 3.05) is 18.1 Å². The molecule has 0 saturated carbocycles. The number of anilines is 1. The number of hydrogen-bond donors (Lipinski definition) is 1. The maximum Gasteiger partial charge on any atom is 0.338 e. The maximum atomic E-state index is 13.3. The molecule has 0 spiro atoms. The molecule has 1 aromatic carbocycles. The van der Waals surface area contributed by atoms with Crippen molar-refractivity contribution in [1.29, 1.82) is 0 Å². The van der Waals surface area contributed by atoms with Crippen LogP contribution in [0.25, 0.3) is 0 Å². The van der Waals surface area contributed by atoms with E-state index in [0.717, 1.165) is 0 Å². The molecule has 0 aliphatic carbocycles. The predicted molar refractivity (Wildman–Crippen MR) is 88.9 cm³/mol. The first-order valence-corrected chi connectivity index (χ1v) is 7.96. The van der Waals surface area contributed by atoms with Gasteiger partial charge in [0.25, 0.3) is 0 Å². The standard InChI is InChI=1S/C17H17FN4O4/c1-3-26-16(25)14-10(2)21(8-13(23)24)17-19-9-20-22(17)15(14)11-4-6-12(18)7-5-11/h4-7,9,15H,3,8H2,1-2H3,(H,23,24). The van der Waals surface area contributed by atoms with Gasteiger partial charge in [-0.3, -0.25) is 4.79 Å². The van der Waals surface area contributed by atoms with Gasteiger partial charge in [0.2, 0.25) is 5.95 Å². The third-order valence-electron chi connectivity index (χ3n) is 4.08. The van der Waals surface area contributed by atoms with Crippen LogP contribution in [0.15, 0.2) is 41.9 Å². The van der Waals surface area contributed by atoms with Crippen molar-refractivity contribution in [3.63, 3.8) is 0 Å². The Balaban J connectivity index is 2.19. The first kappa shape index (κ1) is 17.6. The summed E-state index contributed by atoms with van der Waals surface area (Å²) in [5, 5.41) is 13.4. The number of aliphatic carboxylic acids is 1. The number of carbonyl (C=O) groups is 2. The number of allylic oxidation sites excluding steroid dienone is 1. The molecule has 1 aliphatic rings. The summed E-state index contributed by atoms with van der Waals surface area (Å²) in [7, 11) is 0. The lowest BCUT2D eigenvalue weighted by molar-refractivity contribution is -0.139. The van der Waals surface area contributed by atoms with Gasteiger partial charge in [-0.1, -0.05) is 12.1 Å². The van der Waals surface area contributed by atoms with Crippen LogP contribution in [0.4, 0.5) is 10.3 Å². The zero-order valence-electron chi connectivity index (χ0n) is 14.2. The van der Waals surface area contributed by atoms with E-state index >= 15 is 0 Å². The lowest BCUT2D eigenvalue weighted by atomic mass is 9.95. The van der Waals surface area contributed by atoms with Crippen LogP contribution in [0, 0.1) is 5.82 Å². The predicted octanol–water partition coefficient (Wildman–Crippen LogP) is 1.75. The van der Waals surface area contributed by atoms with Crippen molar-refractivity contribution < 1.29 is 23.8 Å². The highest BCUT2D eigenvalue weighted by atomic mass is 19.1. The van der Waals surface area contributed by atoms with Crippen LogP contribution in [-0.4, -0.2) is 45.0 Å². The first-order chi connectivity index (χ1) is 12.4. The van der Waals surface area contributed by atoms with E-state index in [2.05, 4.69) is 10.1 Å². The summed E-state index contributed by atoms with van der Waals surface area (Å²) in [5.41, 5.74) is 1.24. The normalized spacial score (nSPS) is 16.4. The Morgan fingerprint density at radius 3 is 2.62 bits per heavy atom. The molecule has 0 fully saturated rings. The van der Waals surface area contributed by atoms with Crippen LogP contribution in [0.2, 0.25) is 0 Å². The number of rotatable bonds is 5. The van der Waals surface area contributed by atoms with Crippen molar-refractivity contribution in [3.8, 4) is 0 Å². The third kappa shape index (κ3) is 3.03. The third-order valence-corrected chi connectivity index (χ3v) is 4.08. The van der Waals surface area contributed by atoms with E-state index in [0.29, 0.717) is 11.3 Å². The molecular formula is C17H17FN4O4. The number of carboxylic acids is 1. The molecule has 1 aliphatic heterocycles. The number of aromatic nitrogens is 3. The van der Waals surface area contributed by atoms with E-state index < -0.39 is 23.8 Å². The van der Waals surface area contributed by atoms with Gasteiger partial charge in [0.1, 0.15) is 24.7 Å². The molecule has 1 N–H and O–H groups in total. The lowest BCUT2D eigenvalue weighted by Crippen LogP contribution is -2.39. The number of ether oxygens (including phenoxy) is 1. The summed E-state index contributed by atoms with van der Waals surface area (Å²) in [6, 6.07) is 4.97. The number of carboxylic acid groups (broad SMARTS) is 1. The Kier molecular flexibility index (Phi) is 4.70. The van der Waals surface area contributed by atoms with Gasteiger partial charge in [-0.25, -0.2) is 13.9 Å². The van der Waals surface area contributed by atoms with Crippen molar-refractivity contribution in [2.45, 2.75) is 19.9 Å². The molecule has 136 valence electrons. The second kappa shape index (κ2) is 6.95. The van der Waals surface area contributed by atoms with Crippen LogP contribution >= 0.6 is 0 Å². The van der Waals surface area contributed by atoms with Crippen molar-refractivity contribution >= 4 is 17.9 Å². The summed E-state index contributed by atoms with van der Waals surface area (Å²) in [4.78, 5) is 29.4. The topological polar surface area (TPSA) is 97.6 Å². The second-order valence-corrected chi connectivity index (χ2v) is 5.66. The number of esters is 1. The Bertz CT molecular complexity index is 875. The molecule has 9 heteroatoms. The Morgan fingerprint density at radius 1 is 1.31 bits per heavy atom. The second-order valence-electron chi connectivity index (χ2n) is 5.66. The average Bonchev–Trinajstić information content (AvgIpc) is 3.07. The van der Waals surface area contributed by atoms with Gasteiger partial charge in [-0.15, -0.1) is 0 Å². The minimum Gasteiger partial charge on any atom is -0.480 e. The van der Waals surface area contributed by atoms with Crippen molar-refractivity contribution in [2.24, 2.45) is 0 Å². The molecule has 0 saturated heterocycles. The number of fused-ring (bicyclic) bond motifs is 1. The van der Waals surface area contributed by atoms with Gasteiger partial charge in [0.05, 0.1) is 12.2 Å². The smallest absolute Gasteiger partial charge is 0.338 e. The number of halogens is 1. The molecule has 0 bridgehead atoms. The fourth-order valence-corrected chi connectivity index (χ4v) is 2.98. The highest BCUT2D eigenvalue weighted by Gasteiger charge is 2.38. The monoisotopic (exact) mass is 360 g/mol. The van der Waals surface area contributed by atoms with Crippen molar-refractivity contribution in [3.05, 3.63) is 53.2 Å². The molecule has 26 heavy (non-hydrogen) atoms. The minimum atomic E-state index is -1.08. The van der Waals surface area contributed by atoms with E-state index in [9.17, 15) is 19.1 Å². The van der Waals surface area contributed by atoms with Crippen LogP contribution in [0.1, 0.15) is 25.5 Å². The van der Waals surface area contributed by atoms with Gasteiger partial charge < -0.3 is 14.7 Å². The van der Waals surface area contributed by atoms with Crippen molar-refractivity contribution in [1.82, 2.24) is 14.8 Å². The van der Waals surface area contributed by atoms with Gasteiger partial charge in [-0.05, 0) is 31.5 Å². The van der Waals surface area contributed by atoms with Crippen LogP contribution < -0.4 is 4.90 Å². The van der Waals surface area contributed by atoms with E-state index in [1.54, 1.807) is 26.0 Å². The van der Waals surface area contributed by atoms with E-state index in [4.69, 9.17) is 4.74 Å². The SMILES string of the molecule is CCOC(=O)C1=C(C)N(CC(=O)O)c2ncnn2C1c1ccc(F)cc1. The molecular weight excluding hydrogens is 343 g/mol. The largest absolute Gasteiger partial charge is 0.480 e. The quantitative estimate of drug-likeness (QED) is 0.811. The number of benzene rings is 1. The Morgan fingerprint density at radius 2 is 2.00 bits per heavy atom. The Labute approximate surface area is 148 Å². The van der Waals surface area contributed by atoms with Gasteiger partial charge in [0, 0.05) is 5.70 Å². The molecule has 0 radical (unpaired) electrons. The number of nitrogens with zero attached hydrogens (tertiary/aromatic N) is 4. The average molecular weight is 360 g/mol. The van der Waals surface area contributed by atoms with E-state index in [1.165, 1.54) is 28.0 Å². The number of hydrogen-bond acceptors (Lipinski definition) is 6. The fourth-order valence-electron chi connectivity index (χ4n) is 2.98. The summed E-state index contributed by atoms with van der Waals surface area (Å²) in [6.45, 7) is 3.09. The minimum absolute atomic E-state index is 0.162. The zero-order valence-corrected chi connectivity index (χ0v) is 14.2. The molecule has 1 aromatic heterocycles. The summed E-state index contributed by atoms with van der Waals surface area (Å²) < 4.78 is 19.9. The summed E-state index contributed by atoms with van der Waals surface area (Å²) in [5.74, 6) is -1.79. The molecule has 8 nitrogen and oxygen atoms in total. The Hall–Kier alpha value is -3.23. The number of carbonyl (C=O) groups excluding carboxylic acids is 1. The molecule has 1 atom stereocenters. The highest BCUT2D eigenvalue weighted by Crippen LogP contribution is 2.38. The van der Waals surface area contributed by atoms with Crippen LogP contribution in [0.5, 0.6) is 0 Å².